The highest BCUT2D eigenvalue weighted by atomic mass is 32.1. The zero-order chi connectivity index (χ0) is 13.3. The van der Waals surface area contributed by atoms with Gasteiger partial charge in [-0.1, -0.05) is 30.7 Å². The monoisotopic (exact) mass is 260 g/mol. The van der Waals surface area contributed by atoms with Crippen molar-refractivity contribution >= 4 is 11.3 Å². The average Bonchev–Trinajstić information content (AvgIpc) is 2.70. The quantitative estimate of drug-likeness (QED) is 0.911. The van der Waals surface area contributed by atoms with Gasteiger partial charge in [-0.2, -0.15) is 0 Å². The summed E-state index contributed by atoms with van der Waals surface area (Å²) in [6.45, 7) is 9.17. The van der Waals surface area contributed by atoms with E-state index in [0.717, 1.165) is 10.7 Å². The standard InChI is InChI=1S/C15H20N2S/c1-9-5-6-13(10(2)7-9)15-17-12(4)14(18-15)11(3)8-16/h5-7,11H,8,16H2,1-4H3. The summed E-state index contributed by atoms with van der Waals surface area (Å²) in [6, 6.07) is 6.52. The van der Waals surface area contributed by atoms with E-state index in [2.05, 4.69) is 45.9 Å². The molecule has 2 rings (SSSR count). The molecular formula is C15H20N2S. The lowest BCUT2D eigenvalue weighted by Crippen LogP contribution is -2.08. The molecule has 2 nitrogen and oxygen atoms in total. The van der Waals surface area contributed by atoms with Crippen LogP contribution in [0.1, 0.15) is 34.5 Å². The van der Waals surface area contributed by atoms with Crippen molar-refractivity contribution in [1.82, 2.24) is 4.98 Å². The summed E-state index contributed by atoms with van der Waals surface area (Å²) in [7, 11) is 0. The van der Waals surface area contributed by atoms with Gasteiger partial charge in [-0.25, -0.2) is 4.98 Å². The molecule has 0 saturated carbocycles. The fraction of sp³-hybridized carbons (Fsp3) is 0.400. The molecule has 0 spiro atoms. The summed E-state index contributed by atoms with van der Waals surface area (Å²) >= 11 is 1.77. The molecule has 1 aromatic carbocycles. The molecule has 1 heterocycles. The molecule has 0 saturated heterocycles. The molecule has 0 aliphatic carbocycles. The van der Waals surface area contributed by atoms with Crippen LogP contribution in [0.15, 0.2) is 18.2 Å². The molecule has 1 atom stereocenters. The van der Waals surface area contributed by atoms with Crippen LogP contribution in [0.5, 0.6) is 0 Å². The number of aryl methyl sites for hydroxylation is 3. The van der Waals surface area contributed by atoms with Gasteiger partial charge in [0.05, 0.1) is 5.69 Å². The molecule has 1 aromatic heterocycles. The zero-order valence-electron chi connectivity index (χ0n) is 11.4. The fourth-order valence-electron chi connectivity index (χ4n) is 2.14. The van der Waals surface area contributed by atoms with E-state index in [1.807, 2.05) is 0 Å². The van der Waals surface area contributed by atoms with Gasteiger partial charge in [0, 0.05) is 16.4 Å². The maximum absolute atomic E-state index is 5.75. The Labute approximate surface area is 113 Å². The first kappa shape index (κ1) is 13.2. The second kappa shape index (κ2) is 5.21. The maximum Gasteiger partial charge on any atom is 0.124 e. The molecule has 96 valence electrons. The Bertz CT molecular complexity index is 558. The van der Waals surface area contributed by atoms with E-state index in [1.54, 1.807) is 11.3 Å². The minimum atomic E-state index is 0.391. The van der Waals surface area contributed by atoms with Crippen LogP contribution in [0.25, 0.3) is 10.6 Å². The summed E-state index contributed by atoms with van der Waals surface area (Å²) in [6.07, 6.45) is 0. The van der Waals surface area contributed by atoms with Gasteiger partial charge in [0.25, 0.3) is 0 Å². The molecule has 2 aromatic rings. The highest BCUT2D eigenvalue weighted by molar-refractivity contribution is 7.15. The molecule has 3 heteroatoms. The third-order valence-corrected chi connectivity index (χ3v) is 4.67. The van der Waals surface area contributed by atoms with E-state index in [4.69, 9.17) is 10.7 Å². The Morgan fingerprint density at radius 1 is 1.28 bits per heavy atom. The number of aromatic nitrogens is 1. The van der Waals surface area contributed by atoms with Crippen molar-refractivity contribution in [2.45, 2.75) is 33.6 Å². The molecule has 18 heavy (non-hydrogen) atoms. The summed E-state index contributed by atoms with van der Waals surface area (Å²) in [4.78, 5) is 6.02. The number of benzene rings is 1. The van der Waals surface area contributed by atoms with Crippen molar-refractivity contribution in [3.8, 4) is 10.6 Å². The first-order valence-electron chi connectivity index (χ1n) is 6.28. The van der Waals surface area contributed by atoms with E-state index in [-0.39, 0.29) is 0 Å². The van der Waals surface area contributed by atoms with Gasteiger partial charge in [-0.05, 0) is 32.9 Å². The van der Waals surface area contributed by atoms with Crippen molar-refractivity contribution in [3.63, 3.8) is 0 Å². The second-order valence-corrected chi connectivity index (χ2v) is 5.95. The minimum absolute atomic E-state index is 0.391. The van der Waals surface area contributed by atoms with Crippen LogP contribution < -0.4 is 5.73 Å². The zero-order valence-corrected chi connectivity index (χ0v) is 12.3. The molecule has 0 aliphatic heterocycles. The third kappa shape index (κ3) is 2.47. The molecule has 2 N–H and O–H groups in total. The molecule has 0 radical (unpaired) electrons. The lowest BCUT2D eigenvalue weighted by molar-refractivity contribution is 0.780. The SMILES string of the molecule is Cc1ccc(-c2nc(C)c(C(C)CN)s2)c(C)c1. The molecule has 0 aliphatic rings. The third-order valence-electron chi connectivity index (χ3n) is 3.25. The first-order valence-corrected chi connectivity index (χ1v) is 7.09. The van der Waals surface area contributed by atoms with E-state index in [9.17, 15) is 0 Å². The van der Waals surface area contributed by atoms with Crippen LogP contribution in [0.3, 0.4) is 0 Å². The van der Waals surface area contributed by atoms with Crippen molar-refractivity contribution in [1.29, 1.82) is 0 Å². The Morgan fingerprint density at radius 2 is 2.00 bits per heavy atom. The van der Waals surface area contributed by atoms with Crippen molar-refractivity contribution in [2.24, 2.45) is 5.73 Å². The lowest BCUT2D eigenvalue weighted by atomic mass is 10.1. The number of hydrogen-bond donors (Lipinski definition) is 1. The molecular weight excluding hydrogens is 240 g/mol. The van der Waals surface area contributed by atoms with E-state index in [1.165, 1.54) is 21.6 Å². The van der Waals surface area contributed by atoms with Crippen LogP contribution >= 0.6 is 11.3 Å². The maximum atomic E-state index is 5.75. The van der Waals surface area contributed by atoms with Crippen LogP contribution in [-0.2, 0) is 0 Å². The van der Waals surface area contributed by atoms with Gasteiger partial charge >= 0.3 is 0 Å². The minimum Gasteiger partial charge on any atom is -0.330 e. The summed E-state index contributed by atoms with van der Waals surface area (Å²) in [5, 5.41) is 1.11. The summed E-state index contributed by atoms with van der Waals surface area (Å²) in [5.74, 6) is 0.391. The number of rotatable bonds is 3. The largest absolute Gasteiger partial charge is 0.330 e. The highest BCUT2D eigenvalue weighted by Gasteiger charge is 2.15. The van der Waals surface area contributed by atoms with E-state index >= 15 is 0 Å². The van der Waals surface area contributed by atoms with Gasteiger partial charge in [0.15, 0.2) is 0 Å². The topological polar surface area (TPSA) is 38.9 Å². The number of nitrogens with two attached hydrogens (primary N) is 1. The van der Waals surface area contributed by atoms with E-state index in [0.29, 0.717) is 12.5 Å². The van der Waals surface area contributed by atoms with Crippen molar-refractivity contribution < 1.29 is 0 Å². The smallest absolute Gasteiger partial charge is 0.124 e. The average molecular weight is 260 g/mol. The first-order chi connectivity index (χ1) is 8.52. The molecule has 0 bridgehead atoms. The van der Waals surface area contributed by atoms with Gasteiger partial charge < -0.3 is 5.73 Å². The highest BCUT2D eigenvalue weighted by Crippen LogP contribution is 2.33. The predicted molar refractivity (Wildman–Crippen MR) is 79.2 cm³/mol. The lowest BCUT2D eigenvalue weighted by Gasteiger charge is -2.05. The Morgan fingerprint density at radius 3 is 2.61 bits per heavy atom. The van der Waals surface area contributed by atoms with Crippen LogP contribution in [-0.4, -0.2) is 11.5 Å². The van der Waals surface area contributed by atoms with Crippen LogP contribution in [0, 0.1) is 20.8 Å². The summed E-state index contributed by atoms with van der Waals surface area (Å²) < 4.78 is 0. The molecule has 0 amide bonds. The number of nitrogens with zero attached hydrogens (tertiary/aromatic N) is 1. The Balaban J connectivity index is 2.45. The van der Waals surface area contributed by atoms with Gasteiger partial charge in [-0.3, -0.25) is 0 Å². The van der Waals surface area contributed by atoms with Crippen LogP contribution in [0.2, 0.25) is 0 Å². The van der Waals surface area contributed by atoms with Gasteiger partial charge in [0.2, 0.25) is 0 Å². The molecule has 0 fully saturated rings. The number of hydrogen-bond acceptors (Lipinski definition) is 3. The van der Waals surface area contributed by atoms with Gasteiger partial charge in [0.1, 0.15) is 5.01 Å². The van der Waals surface area contributed by atoms with Crippen molar-refractivity contribution in [2.75, 3.05) is 6.54 Å². The summed E-state index contributed by atoms with van der Waals surface area (Å²) in [5.41, 5.74) is 10.7. The Hall–Kier alpha value is -1.19. The van der Waals surface area contributed by atoms with E-state index < -0.39 is 0 Å². The molecule has 1 unspecified atom stereocenters. The van der Waals surface area contributed by atoms with Crippen LogP contribution in [0.4, 0.5) is 0 Å². The van der Waals surface area contributed by atoms with Crippen molar-refractivity contribution in [3.05, 3.63) is 39.9 Å². The van der Waals surface area contributed by atoms with Gasteiger partial charge in [-0.15, -0.1) is 11.3 Å². The fourth-order valence-corrected chi connectivity index (χ4v) is 3.36. The normalized spacial score (nSPS) is 12.7. The predicted octanol–water partition coefficient (Wildman–Crippen LogP) is 3.80. The Kier molecular flexibility index (Phi) is 3.83. The number of thiazole rings is 1. The second-order valence-electron chi connectivity index (χ2n) is 4.92.